The van der Waals surface area contributed by atoms with E-state index in [9.17, 15) is 14.0 Å². The minimum Gasteiger partial charge on any atom is -0.326 e. The molecule has 2 aliphatic rings. The molecule has 2 N–H and O–H groups in total. The van der Waals surface area contributed by atoms with E-state index in [-0.39, 0.29) is 29.3 Å². The van der Waals surface area contributed by atoms with Crippen molar-refractivity contribution in [3.05, 3.63) is 24.0 Å². The average Bonchev–Trinajstić information content (AvgIpc) is 2.49. The lowest BCUT2D eigenvalue weighted by Gasteiger charge is -2.24. The Hall–Kier alpha value is -1.91. The van der Waals surface area contributed by atoms with Gasteiger partial charge in [-0.05, 0) is 43.9 Å². The lowest BCUT2D eigenvalue weighted by Crippen LogP contribution is -2.28. The van der Waals surface area contributed by atoms with Gasteiger partial charge in [-0.2, -0.15) is 0 Å². The highest BCUT2D eigenvalue weighted by atomic mass is 19.1. The smallest absolute Gasteiger partial charge is 0.227 e. The summed E-state index contributed by atoms with van der Waals surface area (Å²) in [6, 6.07) is 4.32. The van der Waals surface area contributed by atoms with Gasteiger partial charge in [-0.1, -0.05) is 25.7 Å². The van der Waals surface area contributed by atoms with Gasteiger partial charge in [0.05, 0.1) is 5.69 Å². The SMILES string of the molecule is O=C(Nc1ccc(F)c(NC(=O)C2CCCCC2)c1)C1CCC1. The Bertz CT molecular complexity index is 593. The molecule has 0 unspecified atom stereocenters. The van der Waals surface area contributed by atoms with Crippen LogP contribution in [0.25, 0.3) is 0 Å². The number of nitrogens with one attached hydrogen (secondary N) is 2. The van der Waals surface area contributed by atoms with Gasteiger partial charge in [0.15, 0.2) is 0 Å². The first-order chi connectivity index (χ1) is 11.1. The molecule has 2 fully saturated rings. The van der Waals surface area contributed by atoms with Crippen LogP contribution in [0, 0.1) is 17.7 Å². The molecule has 5 heteroatoms. The van der Waals surface area contributed by atoms with Crippen LogP contribution in [0.1, 0.15) is 51.4 Å². The van der Waals surface area contributed by atoms with Gasteiger partial charge in [-0.25, -0.2) is 4.39 Å². The summed E-state index contributed by atoms with van der Waals surface area (Å²) in [6.45, 7) is 0. The van der Waals surface area contributed by atoms with Gasteiger partial charge in [0.25, 0.3) is 0 Å². The summed E-state index contributed by atoms with van der Waals surface area (Å²) in [5.74, 6) is -0.578. The van der Waals surface area contributed by atoms with Crippen LogP contribution < -0.4 is 10.6 Å². The number of hydrogen-bond acceptors (Lipinski definition) is 2. The molecule has 0 aliphatic heterocycles. The summed E-state index contributed by atoms with van der Waals surface area (Å²) in [7, 11) is 0. The fraction of sp³-hybridized carbons (Fsp3) is 0.556. The zero-order chi connectivity index (χ0) is 16.2. The summed E-state index contributed by atoms with van der Waals surface area (Å²) < 4.78 is 13.9. The zero-order valence-corrected chi connectivity index (χ0v) is 13.2. The number of carbonyl (C=O) groups is 2. The van der Waals surface area contributed by atoms with E-state index in [1.807, 2.05) is 0 Å². The van der Waals surface area contributed by atoms with Gasteiger partial charge in [-0.15, -0.1) is 0 Å². The van der Waals surface area contributed by atoms with Gasteiger partial charge in [0, 0.05) is 17.5 Å². The molecule has 0 spiro atoms. The zero-order valence-electron chi connectivity index (χ0n) is 13.2. The number of amides is 2. The second kappa shape index (κ2) is 7.11. The van der Waals surface area contributed by atoms with E-state index in [0.717, 1.165) is 44.9 Å². The number of anilines is 2. The second-order valence-electron chi connectivity index (χ2n) is 6.64. The van der Waals surface area contributed by atoms with E-state index in [4.69, 9.17) is 0 Å². The summed E-state index contributed by atoms with van der Waals surface area (Å²) in [6.07, 6.45) is 7.93. The standard InChI is InChI=1S/C18H23FN2O2/c19-15-10-9-14(20-17(22)13-7-4-8-13)11-16(15)21-18(23)12-5-2-1-3-6-12/h9-13H,1-8H2,(H,20,22)(H,21,23). The molecule has 2 saturated carbocycles. The average molecular weight is 318 g/mol. The monoisotopic (exact) mass is 318 g/mol. The molecule has 124 valence electrons. The number of carbonyl (C=O) groups excluding carboxylic acids is 2. The third-order valence-corrected chi connectivity index (χ3v) is 4.94. The summed E-state index contributed by atoms with van der Waals surface area (Å²) in [5, 5.41) is 5.49. The molecule has 0 heterocycles. The van der Waals surface area contributed by atoms with Crippen LogP contribution >= 0.6 is 0 Å². The quantitative estimate of drug-likeness (QED) is 0.878. The predicted octanol–water partition coefficient (Wildman–Crippen LogP) is 4.08. The molecular formula is C18H23FN2O2. The van der Waals surface area contributed by atoms with Crippen LogP contribution in [0.4, 0.5) is 15.8 Å². The van der Waals surface area contributed by atoms with Crippen LogP contribution in [0.2, 0.25) is 0 Å². The normalized spacial score (nSPS) is 19.0. The molecule has 0 saturated heterocycles. The van der Waals surface area contributed by atoms with Crippen LogP contribution in [0.3, 0.4) is 0 Å². The summed E-state index contributed by atoms with van der Waals surface area (Å²) in [4.78, 5) is 24.2. The Morgan fingerprint density at radius 3 is 2.09 bits per heavy atom. The van der Waals surface area contributed by atoms with Crippen LogP contribution in [-0.4, -0.2) is 11.8 Å². The fourth-order valence-electron chi connectivity index (χ4n) is 3.21. The second-order valence-corrected chi connectivity index (χ2v) is 6.64. The molecule has 0 bridgehead atoms. The number of hydrogen-bond donors (Lipinski definition) is 2. The first-order valence-corrected chi connectivity index (χ1v) is 8.55. The Morgan fingerprint density at radius 2 is 1.48 bits per heavy atom. The number of rotatable bonds is 4. The fourth-order valence-corrected chi connectivity index (χ4v) is 3.21. The molecule has 23 heavy (non-hydrogen) atoms. The van der Waals surface area contributed by atoms with Crippen molar-refractivity contribution < 1.29 is 14.0 Å². The maximum absolute atomic E-state index is 13.9. The summed E-state index contributed by atoms with van der Waals surface area (Å²) in [5.41, 5.74) is 0.675. The van der Waals surface area contributed by atoms with Crippen LogP contribution in [-0.2, 0) is 9.59 Å². The van der Waals surface area contributed by atoms with E-state index >= 15 is 0 Å². The van der Waals surface area contributed by atoms with Crippen molar-refractivity contribution in [2.45, 2.75) is 51.4 Å². The van der Waals surface area contributed by atoms with Crippen molar-refractivity contribution in [3.8, 4) is 0 Å². The Morgan fingerprint density at radius 1 is 0.870 bits per heavy atom. The van der Waals surface area contributed by atoms with Crippen LogP contribution in [0.15, 0.2) is 18.2 Å². The third kappa shape index (κ3) is 3.89. The highest BCUT2D eigenvalue weighted by Gasteiger charge is 2.25. The van der Waals surface area contributed by atoms with Crippen molar-refractivity contribution in [2.24, 2.45) is 11.8 Å². The molecule has 3 rings (SSSR count). The number of halogens is 1. The third-order valence-electron chi connectivity index (χ3n) is 4.94. The summed E-state index contributed by atoms with van der Waals surface area (Å²) >= 11 is 0. The Labute approximate surface area is 135 Å². The van der Waals surface area contributed by atoms with Gasteiger partial charge < -0.3 is 10.6 Å². The molecule has 0 aromatic heterocycles. The lowest BCUT2D eigenvalue weighted by molar-refractivity contribution is -0.122. The van der Waals surface area contributed by atoms with Crippen molar-refractivity contribution in [1.82, 2.24) is 0 Å². The largest absolute Gasteiger partial charge is 0.326 e. The number of benzene rings is 1. The maximum Gasteiger partial charge on any atom is 0.227 e. The minimum absolute atomic E-state index is 0.0209. The molecule has 1 aromatic carbocycles. The Balaban J connectivity index is 1.64. The Kier molecular flexibility index (Phi) is 4.94. The van der Waals surface area contributed by atoms with Gasteiger partial charge in [0.1, 0.15) is 5.82 Å². The van der Waals surface area contributed by atoms with E-state index < -0.39 is 5.82 Å². The molecule has 2 aliphatic carbocycles. The van der Waals surface area contributed by atoms with E-state index in [2.05, 4.69) is 10.6 Å². The molecular weight excluding hydrogens is 295 g/mol. The minimum atomic E-state index is -0.476. The highest BCUT2D eigenvalue weighted by molar-refractivity contribution is 5.96. The maximum atomic E-state index is 13.9. The molecule has 4 nitrogen and oxygen atoms in total. The van der Waals surface area contributed by atoms with E-state index in [0.29, 0.717) is 5.69 Å². The predicted molar refractivity (Wildman–Crippen MR) is 87.6 cm³/mol. The first kappa shape index (κ1) is 16.0. The van der Waals surface area contributed by atoms with E-state index in [1.165, 1.54) is 24.6 Å². The van der Waals surface area contributed by atoms with E-state index in [1.54, 1.807) is 0 Å². The van der Waals surface area contributed by atoms with Crippen molar-refractivity contribution in [3.63, 3.8) is 0 Å². The molecule has 0 atom stereocenters. The highest BCUT2D eigenvalue weighted by Crippen LogP contribution is 2.29. The lowest BCUT2D eigenvalue weighted by atomic mass is 9.85. The molecule has 1 aromatic rings. The van der Waals surface area contributed by atoms with Crippen molar-refractivity contribution in [1.29, 1.82) is 0 Å². The van der Waals surface area contributed by atoms with Gasteiger partial charge in [-0.3, -0.25) is 9.59 Å². The molecule has 0 radical (unpaired) electrons. The van der Waals surface area contributed by atoms with Gasteiger partial charge >= 0.3 is 0 Å². The first-order valence-electron chi connectivity index (χ1n) is 8.55. The topological polar surface area (TPSA) is 58.2 Å². The van der Waals surface area contributed by atoms with Crippen LogP contribution in [0.5, 0.6) is 0 Å². The van der Waals surface area contributed by atoms with Crippen molar-refractivity contribution in [2.75, 3.05) is 10.6 Å². The van der Waals surface area contributed by atoms with Crippen molar-refractivity contribution >= 4 is 23.2 Å². The van der Waals surface area contributed by atoms with Gasteiger partial charge in [0.2, 0.25) is 11.8 Å². The molecule has 2 amide bonds.